The van der Waals surface area contributed by atoms with E-state index in [1.165, 1.54) is 12.8 Å². The molecule has 0 radical (unpaired) electrons. The molecule has 5 nitrogen and oxygen atoms in total. The standard InChI is InChI=1S/C13H24N4O/c1-3-6-14-11(9-13-5-4-7-18-13)8-12-10-17(2)16-15-12/h10-11,13-14H,3-9H2,1-2H3. The van der Waals surface area contributed by atoms with E-state index in [-0.39, 0.29) is 0 Å². The van der Waals surface area contributed by atoms with Crippen LogP contribution in [0.15, 0.2) is 6.20 Å². The van der Waals surface area contributed by atoms with Crippen molar-refractivity contribution in [2.75, 3.05) is 13.2 Å². The van der Waals surface area contributed by atoms with E-state index in [4.69, 9.17) is 4.74 Å². The predicted molar refractivity (Wildman–Crippen MR) is 70.4 cm³/mol. The fraction of sp³-hybridized carbons (Fsp3) is 0.846. The first-order valence-corrected chi connectivity index (χ1v) is 6.98. The van der Waals surface area contributed by atoms with Gasteiger partial charge in [0.2, 0.25) is 0 Å². The van der Waals surface area contributed by atoms with Gasteiger partial charge in [-0.15, -0.1) is 5.10 Å². The normalized spacial score (nSPS) is 21.3. The van der Waals surface area contributed by atoms with Crippen molar-refractivity contribution in [1.82, 2.24) is 20.3 Å². The Kier molecular flexibility index (Phi) is 5.13. The molecule has 1 fully saturated rings. The molecular weight excluding hydrogens is 228 g/mol. The second kappa shape index (κ2) is 6.85. The van der Waals surface area contributed by atoms with E-state index in [0.717, 1.165) is 38.1 Å². The third-order valence-corrected chi connectivity index (χ3v) is 3.36. The average Bonchev–Trinajstić information content (AvgIpc) is 2.98. The highest BCUT2D eigenvalue weighted by atomic mass is 16.5. The van der Waals surface area contributed by atoms with Gasteiger partial charge in [0, 0.05) is 32.3 Å². The van der Waals surface area contributed by atoms with Gasteiger partial charge in [0.05, 0.1) is 11.8 Å². The summed E-state index contributed by atoms with van der Waals surface area (Å²) in [5.74, 6) is 0. The monoisotopic (exact) mass is 252 g/mol. The van der Waals surface area contributed by atoms with Gasteiger partial charge in [-0.25, -0.2) is 0 Å². The van der Waals surface area contributed by atoms with E-state index in [0.29, 0.717) is 12.1 Å². The summed E-state index contributed by atoms with van der Waals surface area (Å²) in [6.45, 7) is 4.17. The fourth-order valence-corrected chi connectivity index (χ4v) is 2.48. The molecule has 1 aromatic rings. The molecule has 1 N–H and O–H groups in total. The Balaban J connectivity index is 1.86. The minimum Gasteiger partial charge on any atom is -0.378 e. The molecule has 2 unspecified atom stereocenters. The van der Waals surface area contributed by atoms with Crippen LogP contribution in [-0.2, 0) is 18.2 Å². The second-order valence-electron chi connectivity index (χ2n) is 5.11. The minimum absolute atomic E-state index is 0.427. The van der Waals surface area contributed by atoms with Crippen molar-refractivity contribution in [3.05, 3.63) is 11.9 Å². The molecule has 0 aromatic carbocycles. The van der Waals surface area contributed by atoms with Crippen molar-refractivity contribution >= 4 is 0 Å². The Morgan fingerprint density at radius 2 is 2.50 bits per heavy atom. The van der Waals surface area contributed by atoms with E-state index in [1.54, 1.807) is 4.68 Å². The van der Waals surface area contributed by atoms with Crippen LogP contribution < -0.4 is 5.32 Å². The van der Waals surface area contributed by atoms with Crippen LogP contribution in [0.3, 0.4) is 0 Å². The minimum atomic E-state index is 0.427. The van der Waals surface area contributed by atoms with Crippen molar-refractivity contribution < 1.29 is 4.74 Å². The van der Waals surface area contributed by atoms with Crippen LogP contribution in [0.1, 0.15) is 38.3 Å². The lowest BCUT2D eigenvalue weighted by Gasteiger charge is -2.20. The SMILES string of the molecule is CCCNC(Cc1cn(C)nn1)CC1CCCO1. The molecule has 2 rings (SSSR count). The lowest BCUT2D eigenvalue weighted by Crippen LogP contribution is -2.35. The number of nitrogens with zero attached hydrogens (tertiary/aromatic N) is 3. The van der Waals surface area contributed by atoms with Crippen LogP contribution in [0, 0.1) is 0 Å². The maximum absolute atomic E-state index is 5.73. The van der Waals surface area contributed by atoms with Gasteiger partial charge in [0.15, 0.2) is 0 Å². The fourth-order valence-electron chi connectivity index (χ4n) is 2.48. The maximum atomic E-state index is 5.73. The molecule has 1 saturated heterocycles. The number of nitrogens with one attached hydrogen (secondary N) is 1. The Labute approximate surface area is 109 Å². The van der Waals surface area contributed by atoms with Gasteiger partial charge in [-0.2, -0.15) is 0 Å². The number of hydrogen-bond acceptors (Lipinski definition) is 4. The lowest BCUT2D eigenvalue weighted by atomic mass is 10.0. The topological polar surface area (TPSA) is 52.0 Å². The summed E-state index contributed by atoms with van der Waals surface area (Å²) >= 11 is 0. The number of aryl methyl sites for hydroxylation is 1. The zero-order chi connectivity index (χ0) is 12.8. The third kappa shape index (κ3) is 4.07. The maximum Gasteiger partial charge on any atom is 0.0842 e. The van der Waals surface area contributed by atoms with Gasteiger partial charge in [0.1, 0.15) is 0 Å². The summed E-state index contributed by atoms with van der Waals surface area (Å²) < 4.78 is 7.49. The molecular formula is C13H24N4O. The summed E-state index contributed by atoms with van der Waals surface area (Å²) in [4.78, 5) is 0. The highest BCUT2D eigenvalue weighted by Gasteiger charge is 2.21. The molecule has 0 bridgehead atoms. The molecule has 0 aliphatic carbocycles. The van der Waals surface area contributed by atoms with Gasteiger partial charge < -0.3 is 10.1 Å². The molecule has 102 valence electrons. The summed E-state index contributed by atoms with van der Waals surface area (Å²) in [5.41, 5.74) is 1.06. The number of rotatable bonds is 7. The molecule has 2 atom stereocenters. The third-order valence-electron chi connectivity index (χ3n) is 3.36. The van der Waals surface area contributed by atoms with Crippen molar-refractivity contribution in [1.29, 1.82) is 0 Å². The van der Waals surface area contributed by atoms with Crippen LogP contribution in [0.2, 0.25) is 0 Å². The first-order valence-electron chi connectivity index (χ1n) is 6.98. The van der Waals surface area contributed by atoms with Gasteiger partial charge in [0.25, 0.3) is 0 Å². The Morgan fingerprint density at radius 1 is 1.61 bits per heavy atom. The summed E-state index contributed by atoms with van der Waals surface area (Å²) in [6, 6.07) is 0.449. The first-order chi connectivity index (χ1) is 8.78. The second-order valence-corrected chi connectivity index (χ2v) is 5.11. The van der Waals surface area contributed by atoms with Crippen LogP contribution >= 0.6 is 0 Å². The van der Waals surface area contributed by atoms with Crippen LogP contribution in [0.5, 0.6) is 0 Å². The molecule has 0 spiro atoms. The molecule has 2 heterocycles. The molecule has 0 amide bonds. The molecule has 1 aromatic heterocycles. The summed E-state index contributed by atoms with van der Waals surface area (Å²) in [5, 5.41) is 11.8. The highest BCUT2D eigenvalue weighted by Crippen LogP contribution is 2.18. The lowest BCUT2D eigenvalue weighted by molar-refractivity contribution is 0.0945. The predicted octanol–water partition coefficient (Wildman–Crippen LogP) is 1.29. The van der Waals surface area contributed by atoms with E-state index >= 15 is 0 Å². The van der Waals surface area contributed by atoms with E-state index in [1.807, 2.05) is 13.2 Å². The Morgan fingerprint density at radius 3 is 3.11 bits per heavy atom. The molecule has 0 saturated carbocycles. The average molecular weight is 252 g/mol. The van der Waals surface area contributed by atoms with Crippen LogP contribution in [-0.4, -0.2) is 40.3 Å². The largest absolute Gasteiger partial charge is 0.378 e. The molecule has 1 aliphatic heterocycles. The molecule has 1 aliphatic rings. The van der Waals surface area contributed by atoms with Gasteiger partial charge in [-0.3, -0.25) is 4.68 Å². The number of aromatic nitrogens is 3. The number of hydrogen-bond donors (Lipinski definition) is 1. The van der Waals surface area contributed by atoms with Gasteiger partial charge >= 0.3 is 0 Å². The van der Waals surface area contributed by atoms with Crippen molar-refractivity contribution in [3.8, 4) is 0 Å². The first kappa shape index (κ1) is 13.5. The number of ether oxygens (including phenoxy) is 1. The van der Waals surface area contributed by atoms with Crippen LogP contribution in [0.4, 0.5) is 0 Å². The zero-order valence-electron chi connectivity index (χ0n) is 11.4. The quantitative estimate of drug-likeness (QED) is 0.794. The summed E-state index contributed by atoms with van der Waals surface area (Å²) in [7, 11) is 1.91. The van der Waals surface area contributed by atoms with E-state index in [2.05, 4.69) is 22.6 Å². The Hall–Kier alpha value is -0.940. The van der Waals surface area contributed by atoms with Crippen molar-refractivity contribution in [3.63, 3.8) is 0 Å². The zero-order valence-corrected chi connectivity index (χ0v) is 11.4. The van der Waals surface area contributed by atoms with Gasteiger partial charge in [-0.1, -0.05) is 12.1 Å². The molecule has 18 heavy (non-hydrogen) atoms. The smallest absolute Gasteiger partial charge is 0.0842 e. The van der Waals surface area contributed by atoms with Gasteiger partial charge in [-0.05, 0) is 32.2 Å². The van der Waals surface area contributed by atoms with E-state index < -0.39 is 0 Å². The van der Waals surface area contributed by atoms with E-state index in [9.17, 15) is 0 Å². The van der Waals surface area contributed by atoms with Crippen LogP contribution in [0.25, 0.3) is 0 Å². The molecule has 5 heteroatoms. The van der Waals surface area contributed by atoms with Crippen molar-refractivity contribution in [2.24, 2.45) is 7.05 Å². The summed E-state index contributed by atoms with van der Waals surface area (Å²) in [6.07, 6.45) is 8.00. The van der Waals surface area contributed by atoms with Crippen molar-refractivity contribution in [2.45, 2.75) is 51.2 Å². The Bertz CT molecular complexity index is 347. The highest BCUT2D eigenvalue weighted by molar-refractivity contribution is 4.96.